The maximum atomic E-state index is 13.0. The first-order chi connectivity index (χ1) is 15.3. The van der Waals surface area contributed by atoms with Gasteiger partial charge in [-0.05, 0) is 45.0 Å². The number of esters is 1. The second-order valence-corrected chi connectivity index (χ2v) is 7.63. The van der Waals surface area contributed by atoms with Crippen molar-refractivity contribution >= 4 is 5.97 Å². The molecule has 0 atom stereocenters. The lowest BCUT2D eigenvalue weighted by Crippen LogP contribution is -2.41. The molecular formula is C20H17F8NO5. The van der Waals surface area contributed by atoms with Gasteiger partial charge in [0.15, 0.2) is 6.61 Å². The fourth-order valence-electron chi connectivity index (χ4n) is 2.12. The number of carbonyl (C=O) groups is 1. The first kappa shape index (κ1) is 26.9. The van der Waals surface area contributed by atoms with E-state index in [1.54, 1.807) is 20.8 Å². The molecule has 34 heavy (non-hydrogen) atoms. The molecule has 1 aromatic heterocycles. The molecule has 14 heteroatoms. The van der Waals surface area contributed by atoms with Crippen LogP contribution in [0.1, 0.15) is 31.1 Å². The van der Waals surface area contributed by atoms with Crippen molar-refractivity contribution in [2.45, 2.75) is 44.8 Å². The molecule has 0 bridgehead atoms. The van der Waals surface area contributed by atoms with Gasteiger partial charge < -0.3 is 18.9 Å². The highest BCUT2D eigenvalue weighted by molar-refractivity contribution is 5.90. The topological polar surface area (TPSA) is 66.9 Å². The van der Waals surface area contributed by atoms with E-state index in [0.717, 1.165) is 36.4 Å². The lowest BCUT2D eigenvalue weighted by atomic mass is 10.2. The molecule has 0 unspecified atom stereocenters. The summed E-state index contributed by atoms with van der Waals surface area (Å²) < 4.78 is 119. The van der Waals surface area contributed by atoms with Gasteiger partial charge in [0.2, 0.25) is 11.8 Å². The van der Waals surface area contributed by atoms with Crippen LogP contribution in [0.4, 0.5) is 35.1 Å². The van der Waals surface area contributed by atoms with Crippen molar-refractivity contribution in [3.63, 3.8) is 0 Å². The SMILES string of the molecule is CC(C)(C)OC(=O)c1cc(OCC(F)(F)F)nc(Oc2ccc(OC(F)(F)C(F)(F)F)cc2)c1. The summed E-state index contributed by atoms with van der Waals surface area (Å²) in [5, 5.41) is 0. The minimum Gasteiger partial charge on any atom is -0.468 e. The second kappa shape index (κ2) is 9.50. The highest BCUT2D eigenvalue weighted by atomic mass is 19.4. The summed E-state index contributed by atoms with van der Waals surface area (Å²) in [6.45, 7) is 2.93. The number of benzene rings is 1. The van der Waals surface area contributed by atoms with Gasteiger partial charge in [-0.15, -0.1) is 0 Å². The molecule has 0 amide bonds. The highest BCUT2D eigenvalue weighted by Crippen LogP contribution is 2.38. The van der Waals surface area contributed by atoms with Crippen LogP contribution in [0.3, 0.4) is 0 Å². The molecule has 0 N–H and O–H groups in total. The first-order valence-electron chi connectivity index (χ1n) is 9.21. The zero-order chi connectivity index (χ0) is 25.9. The van der Waals surface area contributed by atoms with Crippen LogP contribution in [-0.4, -0.2) is 41.6 Å². The van der Waals surface area contributed by atoms with Crippen molar-refractivity contribution in [3.05, 3.63) is 42.0 Å². The van der Waals surface area contributed by atoms with E-state index in [4.69, 9.17) is 9.47 Å². The third-order valence-corrected chi connectivity index (χ3v) is 3.42. The van der Waals surface area contributed by atoms with Crippen LogP contribution in [0, 0.1) is 0 Å². The number of aromatic nitrogens is 1. The molecule has 188 valence electrons. The summed E-state index contributed by atoms with van der Waals surface area (Å²) >= 11 is 0. The van der Waals surface area contributed by atoms with Crippen LogP contribution in [0.15, 0.2) is 36.4 Å². The van der Waals surface area contributed by atoms with E-state index in [-0.39, 0.29) is 11.3 Å². The van der Waals surface area contributed by atoms with Crippen LogP contribution in [0.5, 0.6) is 23.3 Å². The molecule has 0 saturated carbocycles. The van der Waals surface area contributed by atoms with Crippen LogP contribution in [0.25, 0.3) is 0 Å². The Morgan fingerprint density at radius 2 is 1.38 bits per heavy atom. The standard InChI is InChI=1S/C20H17F8NO5/c1-17(2,3)34-16(30)11-8-14(31-10-18(21,22)23)29-15(9-11)32-12-4-6-13(7-5-12)33-20(27,28)19(24,25)26/h4-9H,10H2,1-3H3. The average Bonchev–Trinajstić information content (AvgIpc) is 2.65. The Kier molecular flexibility index (Phi) is 7.53. The zero-order valence-electron chi connectivity index (χ0n) is 17.7. The Balaban J connectivity index is 2.27. The molecule has 0 radical (unpaired) electrons. The quantitative estimate of drug-likeness (QED) is 0.326. The lowest BCUT2D eigenvalue weighted by molar-refractivity contribution is -0.360. The van der Waals surface area contributed by atoms with Crippen molar-refractivity contribution in [2.75, 3.05) is 6.61 Å². The van der Waals surface area contributed by atoms with Gasteiger partial charge in [-0.1, -0.05) is 0 Å². The van der Waals surface area contributed by atoms with Crippen molar-refractivity contribution < 1.29 is 58.9 Å². The monoisotopic (exact) mass is 503 g/mol. The van der Waals surface area contributed by atoms with Gasteiger partial charge in [0, 0.05) is 12.1 Å². The molecule has 2 aromatic rings. The predicted octanol–water partition coefficient (Wildman–Crippen LogP) is 6.30. The van der Waals surface area contributed by atoms with E-state index in [1.165, 1.54) is 0 Å². The summed E-state index contributed by atoms with van der Waals surface area (Å²) in [6.07, 6.45) is -16.1. The van der Waals surface area contributed by atoms with Gasteiger partial charge in [0.25, 0.3) is 0 Å². The molecule has 0 aliphatic heterocycles. The van der Waals surface area contributed by atoms with E-state index in [0.29, 0.717) is 0 Å². The molecule has 1 aromatic carbocycles. The predicted molar refractivity (Wildman–Crippen MR) is 99.1 cm³/mol. The van der Waals surface area contributed by atoms with Crippen molar-refractivity contribution in [1.82, 2.24) is 4.98 Å². The minimum absolute atomic E-state index is 0.182. The first-order valence-corrected chi connectivity index (χ1v) is 9.21. The molecule has 0 saturated heterocycles. The average molecular weight is 503 g/mol. The Hall–Kier alpha value is -3.32. The Bertz CT molecular complexity index is 998. The number of nitrogens with zero attached hydrogens (tertiary/aromatic N) is 1. The van der Waals surface area contributed by atoms with Gasteiger partial charge >= 0.3 is 24.4 Å². The highest BCUT2D eigenvalue weighted by Gasteiger charge is 2.61. The minimum atomic E-state index is -5.94. The maximum absolute atomic E-state index is 13.0. The molecule has 1 heterocycles. The van der Waals surface area contributed by atoms with Gasteiger partial charge in [0.05, 0.1) is 5.56 Å². The largest absolute Gasteiger partial charge is 0.499 e. The second-order valence-electron chi connectivity index (χ2n) is 7.63. The van der Waals surface area contributed by atoms with Crippen LogP contribution >= 0.6 is 0 Å². The Morgan fingerprint density at radius 1 is 0.853 bits per heavy atom. The normalized spacial score (nSPS) is 12.8. The van der Waals surface area contributed by atoms with Gasteiger partial charge in [-0.3, -0.25) is 0 Å². The summed E-state index contributed by atoms with van der Waals surface area (Å²) in [7, 11) is 0. The number of rotatable bonds is 7. The number of ether oxygens (including phenoxy) is 4. The molecule has 6 nitrogen and oxygen atoms in total. The Labute approximate surface area is 187 Å². The van der Waals surface area contributed by atoms with E-state index >= 15 is 0 Å². The lowest BCUT2D eigenvalue weighted by Gasteiger charge is -2.20. The summed E-state index contributed by atoms with van der Waals surface area (Å²) in [6, 6.07) is 5.22. The van der Waals surface area contributed by atoms with Gasteiger partial charge in [0.1, 0.15) is 17.1 Å². The number of pyridine rings is 1. The molecule has 0 fully saturated rings. The van der Waals surface area contributed by atoms with Crippen LogP contribution in [0.2, 0.25) is 0 Å². The van der Waals surface area contributed by atoms with E-state index in [2.05, 4.69) is 14.5 Å². The fraction of sp³-hybridized carbons (Fsp3) is 0.400. The number of hydrogen-bond donors (Lipinski definition) is 0. The summed E-state index contributed by atoms with van der Waals surface area (Å²) in [4.78, 5) is 16.0. The summed E-state index contributed by atoms with van der Waals surface area (Å²) in [5.41, 5.74) is -1.22. The molecule has 0 aliphatic rings. The van der Waals surface area contributed by atoms with Crippen LogP contribution < -0.4 is 14.2 Å². The molecule has 0 spiro atoms. The van der Waals surface area contributed by atoms with Crippen LogP contribution in [-0.2, 0) is 4.74 Å². The maximum Gasteiger partial charge on any atom is 0.499 e. The fourth-order valence-corrected chi connectivity index (χ4v) is 2.12. The number of alkyl halides is 8. The Morgan fingerprint density at radius 3 is 1.88 bits per heavy atom. The van der Waals surface area contributed by atoms with Crippen molar-refractivity contribution in [1.29, 1.82) is 0 Å². The third kappa shape index (κ3) is 8.23. The summed E-state index contributed by atoms with van der Waals surface area (Å²) in [5.74, 6) is -3.05. The smallest absolute Gasteiger partial charge is 0.468 e. The van der Waals surface area contributed by atoms with Gasteiger partial charge in [-0.2, -0.15) is 40.1 Å². The van der Waals surface area contributed by atoms with Gasteiger partial charge in [-0.25, -0.2) is 4.79 Å². The zero-order valence-corrected chi connectivity index (χ0v) is 17.7. The van der Waals surface area contributed by atoms with E-state index < -0.39 is 54.1 Å². The molecular weight excluding hydrogens is 486 g/mol. The van der Waals surface area contributed by atoms with Crippen molar-refractivity contribution in [3.8, 4) is 23.3 Å². The van der Waals surface area contributed by atoms with E-state index in [1.807, 2.05) is 0 Å². The number of hydrogen-bond acceptors (Lipinski definition) is 6. The number of carbonyl (C=O) groups excluding carboxylic acids is 1. The molecule has 0 aliphatic carbocycles. The molecule has 2 rings (SSSR count). The third-order valence-electron chi connectivity index (χ3n) is 3.42. The van der Waals surface area contributed by atoms with Crippen molar-refractivity contribution in [2.24, 2.45) is 0 Å². The van der Waals surface area contributed by atoms with E-state index in [9.17, 15) is 39.9 Å². The number of halogens is 8.